The Hall–Kier alpha value is -1.47. The molecule has 0 radical (unpaired) electrons. The normalized spacial score (nSPS) is 10.8. The second-order valence-electron chi connectivity index (χ2n) is 5.22. The zero-order chi connectivity index (χ0) is 17.4. The van der Waals surface area contributed by atoms with Gasteiger partial charge in [0, 0.05) is 13.1 Å². The van der Waals surface area contributed by atoms with E-state index < -0.39 is 16.9 Å². The molecule has 1 aromatic carbocycles. The van der Waals surface area contributed by atoms with Crippen molar-refractivity contribution in [2.75, 3.05) is 22.7 Å². The number of rotatable bonds is 10. The number of nitrogens with zero attached hydrogens (tertiary/aromatic N) is 1. The first-order valence-electron chi connectivity index (χ1n) is 7.63. The van der Waals surface area contributed by atoms with Crippen LogP contribution in [-0.4, -0.2) is 32.6 Å². The van der Waals surface area contributed by atoms with Crippen molar-refractivity contribution in [3.63, 3.8) is 0 Å². The maximum atomic E-state index is 11.6. The van der Waals surface area contributed by atoms with Gasteiger partial charge in [0.25, 0.3) is 0 Å². The first kappa shape index (κ1) is 19.6. The van der Waals surface area contributed by atoms with Gasteiger partial charge in [0.05, 0.1) is 22.0 Å². The number of halogens is 1. The molecule has 2 N–H and O–H groups in total. The maximum absolute atomic E-state index is 11.6. The second kappa shape index (κ2) is 9.62. The second-order valence-corrected chi connectivity index (χ2v) is 6.36. The molecule has 0 saturated carbocycles. The molecule has 0 fully saturated rings. The molecular weight excluding hydrogens is 340 g/mol. The van der Waals surface area contributed by atoms with Gasteiger partial charge in [-0.1, -0.05) is 38.3 Å². The fourth-order valence-corrected chi connectivity index (χ4v) is 2.88. The van der Waals surface area contributed by atoms with Crippen molar-refractivity contribution < 1.29 is 18.3 Å². The zero-order valence-corrected chi connectivity index (χ0v) is 15.0. The summed E-state index contributed by atoms with van der Waals surface area (Å²) < 4.78 is 23.8. The summed E-state index contributed by atoms with van der Waals surface area (Å²) in [7, 11) is -2.91. The van der Waals surface area contributed by atoms with Gasteiger partial charge in [-0.3, -0.25) is 4.72 Å². The van der Waals surface area contributed by atoms with E-state index in [1.165, 1.54) is 12.1 Å². The van der Waals surface area contributed by atoms with Crippen LogP contribution in [0.3, 0.4) is 0 Å². The van der Waals surface area contributed by atoms with Crippen LogP contribution < -0.4 is 9.62 Å². The van der Waals surface area contributed by atoms with Crippen LogP contribution in [0.25, 0.3) is 0 Å². The highest BCUT2D eigenvalue weighted by molar-refractivity contribution is 7.73. The standard InChI is InChI=1S/C15H23ClN2O4S/c1-3-5-7-18(8-6-4-2)14-10-12(16)13(17-23(21)22)9-11(14)15(19)20/h9-10,23H,3-8H2,1-2H3,(H,19,20)(H,17,21,22). The van der Waals surface area contributed by atoms with Crippen LogP contribution in [0.15, 0.2) is 12.1 Å². The minimum atomic E-state index is -2.91. The number of hydrogen-bond acceptors (Lipinski definition) is 4. The molecule has 23 heavy (non-hydrogen) atoms. The molecule has 0 saturated heterocycles. The summed E-state index contributed by atoms with van der Waals surface area (Å²) in [6.07, 6.45) is 3.86. The molecule has 0 unspecified atom stereocenters. The molecule has 1 rings (SSSR count). The third-order valence-electron chi connectivity index (χ3n) is 3.43. The molecule has 0 amide bonds. The Morgan fingerprint density at radius 2 is 1.78 bits per heavy atom. The highest BCUT2D eigenvalue weighted by Gasteiger charge is 2.19. The summed E-state index contributed by atoms with van der Waals surface area (Å²) in [6.45, 7) is 5.60. The minimum Gasteiger partial charge on any atom is -0.478 e. The number of carbonyl (C=O) groups is 1. The lowest BCUT2D eigenvalue weighted by molar-refractivity contribution is 0.0697. The molecule has 0 aliphatic heterocycles. The molecule has 0 aromatic heterocycles. The average Bonchev–Trinajstić information content (AvgIpc) is 2.48. The SMILES string of the molecule is CCCCN(CCCC)c1cc(Cl)c(N[SH](=O)=O)cc1C(=O)O. The third kappa shape index (κ3) is 5.91. The van der Waals surface area contributed by atoms with Gasteiger partial charge in [-0.05, 0) is 25.0 Å². The Labute approximate surface area is 143 Å². The highest BCUT2D eigenvalue weighted by atomic mass is 35.5. The smallest absolute Gasteiger partial charge is 0.337 e. The molecule has 0 heterocycles. The van der Waals surface area contributed by atoms with Crippen molar-refractivity contribution in [3.05, 3.63) is 22.7 Å². The number of benzene rings is 1. The fourth-order valence-electron chi connectivity index (χ4n) is 2.23. The molecular formula is C15H23ClN2O4S. The van der Waals surface area contributed by atoms with Gasteiger partial charge in [0.2, 0.25) is 10.9 Å². The zero-order valence-electron chi connectivity index (χ0n) is 13.3. The Bertz CT molecular complexity index is 604. The maximum Gasteiger partial charge on any atom is 0.337 e. The first-order valence-corrected chi connectivity index (χ1v) is 9.19. The monoisotopic (exact) mass is 362 g/mol. The molecule has 0 aliphatic rings. The van der Waals surface area contributed by atoms with Crippen LogP contribution >= 0.6 is 11.6 Å². The Morgan fingerprint density at radius 3 is 2.22 bits per heavy atom. The topological polar surface area (TPSA) is 86.7 Å². The number of carboxylic acids is 1. The molecule has 6 nitrogen and oxygen atoms in total. The molecule has 0 bridgehead atoms. The van der Waals surface area contributed by atoms with Crippen molar-refractivity contribution in [2.24, 2.45) is 0 Å². The predicted molar refractivity (Wildman–Crippen MR) is 94.4 cm³/mol. The summed E-state index contributed by atoms with van der Waals surface area (Å²) in [6, 6.07) is 2.80. The van der Waals surface area contributed by atoms with Gasteiger partial charge in [-0.25, -0.2) is 13.2 Å². The van der Waals surface area contributed by atoms with Gasteiger partial charge in [-0.2, -0.15) is 0 Å². The summed E-state index contributed by atoms with van der Waals surface area (Å²) >= 11 is 6.11. The minimum absolute atomic E-state index is 0.0426. The summed E-state index contributed by atoms with van der Waals surface area (Å²) in [5.74, 6) is -1.11. The van der Waals surface area contributed by atoms with E-state index in [9.17, 15) is 18.3 Å². The van der Waals surface area contributed by atoms with E-state index in [0.717, 1.165) is 38.8 Å². The number of aromatic carboxylic acids is 1. The Kier molecular flexibility index (Phi) is 8.19. The molecule has 1 aromatic rings. The van der Waals surface area contributed by atoms with Crippen molar-refractivity contribution >= 4 is 39.8 Å². The van der Waals surface area contributed by atoms with Crippen molar-refractivity contribution in [3.8, 4) is 0 Å². The van der Waals surface area contributed by atoms with Crippen molar-refractivity contribution in [1.29, 1.82) is 0 Å². The van der Waals surface area contributed by atoms with Crippen LogP contribution in [0, 0.1) is 0 Å². The number of thiol groups is 1. The van der Waals surface area contributed by atoms with E-state index in [1.807, 2.05) is 4.90 Å². The molecule has 8 heteroatoms. The van der Waals surface area contributed by atoms with Crippen molar-refractivity contribution in [2.45, 2.75) is 39.5 Å². The number of nitrogens with one attached hydrogen (secondary N) is 1. The highest BCUT2D eigenvalue weighted by Crippen LogP contribution is 2.32. The Balaban J connectivity index is 3.28. The van der Waals surface area contributed by atoms with Crippen LogP contribution in [0.4, 0.5) is 11.4 Å². The fraction of sp³-hybridized carbons (Fsp3) is 0.533. The van der Waals surface area contributed by atoms with Gasteiger partial charge < -0.3 is 10.0 Å². The lowest BCUT2D eigenvalue weighted by Crippen LogP contribution is -2.27. The first-order chi connectivity index (χ1) is 10.9. The van der Waals surface area contributed by atoms with Crippen LogP contribution in [0.1, 0.15) is 49.9 Å². The number of anilines is 2. The van der Waals surface area contributed by atoms with Crippen molar-refractivity contribution in [1.82, 2.24) is 0 Å². The third-order valence-corrected chi connectivity index (χ3v) is 4.17. The van der Waals surface area contributed by atoms with Crippen LogP contribution in [0.5, 0.6) is 0 Å². The van der Waals surface area contributed by atoms with E-state index in [1.54, 1.807) is 0 Å². The van der Waals surface area contributed by atoms with E-state index in [0.29, 0.717) is 5.69 Å². The average molecular weight is 363 g/mol. The lowest BCUT2D eigenvalue weighted by Gasteiger charge is -2.27. The molecule has 130 valence electrons. The largest absolute Gasteiger partial charge is 0.478 e. The number of hydrogen-bond donors (Lipinski definition) is 3. The van der Waals surface area contributed by atoms with Crippen LogP contribution in [0.2, 0.25) is 5.02 Å². The Morgan fingerprint density at radius 1 is 1.22 bits per heavy atom. The van der Waals surface area contributed by atoms with E-state index in [4.69, 9.17) is 11.6 Å². The van der Waals surface area contributed by atoms with Gasteiger partial charge in [0.1, 0.15) is 0 Å². The van der Waals surface area contributed by atoms with Gasteiger partial charge in [0.15, 0.2) is 0 Å². The quantitative estimate of drug-likeness (QED) is 0.555. The van der Waals surface area contributed by atoms with Gasteiger partial charge in [-0.15, -0.1) is 0 Å². The van der Waals surface area contributed by atoms with E-state index in [-0.39, 0.29) is 16.3 Å². The molecule has 0 spiro atoms. The number of unbranched alkanes of at least 4 members (excludes halogenated alkanes) is 2. The molecule has 0 atom stereocenters. The summed E-state index contributed by atoms with van der Waals surface area (Å²) in [4.78, 5) is 13.6. The lowest BCUT2D eigenvalue weighted by atomic mass is 10.1. The predicted octanol–water partition coefficient (Wildman–Crippen LogP) is 3.38. The van der Waals surface area contributed by atoms with Gasteiger partial charge >= 0.3 is 5.97 Å². The summed E-state index contributed by atoms with van der Waals surface area (Å²) in [5, 5.41) is 9.65. The van der Waals surface area contributed by atoms with E-state index >= 15 is 0 Å². The van der Waals surface area contributed by atoms with Crippen LogP contribution in [-0.2, 0) is 10.9 Å². The van der Waals surface area contributed by atoms with E-state index in [2.05, 4.69) is 18.6 Å². The summed E-state index contributed by atoms with van der Waals surface area (Å²) in [5.41, 5.74) is 0.645. The molecule has 0 aliphatic carbocycles. The number of carboxylic acid groups (broad SMARTS) is 1.